The third kappa shape index (κ3) is 5.06. The fourth-order valence-electron chi connectivity index (χ4n) is 2.90. The van der Waals surface area contributed by atoms with E-state index in [0.29, 0.717) is 10.8 Å². The Balaban J connectivity index is 1.61. The lowest BCUT2D eigenvalue weighted by Gasteiger charge is -2.09. The van der Waals surface area contributed by atoms with Gasteiger partial charge in [-0.05, 0) is 63.2 Å². The van der Waals surface area contributed by atoms with Gasteiger partial charge in [-0.2, -0.15) is 5.10 Å². The number of thioether (sulfide) groups is 1. The van der Waals surface area contributed by atoms with E-state index in [2.05, 4.69) is 59.3 Å². The zero-order valence-corrected chi connectivity index (χ0v) is 17.6. The number of hydrazone groups is 1. The lowest BCUT2D eigenvalue weighted by molar-refractivity contribution is -0.118. The number of aromatic nitrogens is 1. The Labute approximate surface area is 174 Å². The van der Waals surface area contributed by atoms with Crippen LogP contribution >= 0.6 is 23.4 Å². The first kappa shape index (κ1) is 20.2. The highest BCUT2D eigenvalue weighted by Crippen LogP contribution is 2.21. The minimum atomic E-state index is -0.149. The number of hydrogen-bond acceptors (Lipinski definition) is 3. The molecule has 144 valence electrons. The summed E-state index contributed by atoms with van der Waals surface area (Å²) in [7, 11) is 0. The molecule has 0 atom stereocenters. The molecule has 0 unspecified atom stereocenters. The van der Waals surface area contributed by atoms with Crippen molar-refractivity contribution < 1.29 is 4.79 Å². The predicted octanol–water partition coefficient (Wildman–Crippen LogP) is 5.30. The van der Waals surface area contributed by atoms with Crippen molar-refractivity contribution in [2.45, 2.75) is 25.7 Å². The van der Waals surface area contributed by atoms with Gasteiger partial charge in [0.05, 0.1) is 12.0 Å². The van der Waals surface area contributed by atoms with E-state index in [1.807, 2.05) is 31.2 Å². The topological polar surface area (TPSA) is 46.4 Å². The maximum absolute atomic E-state index is 12.0. The van der Waals surface area contributed by atoms with Gasteiger partial charge in [-0.3, -0.25) is 4.79 Å². The highest BCUT2D eigenvalue weighted by molar-refractivity contribution is 8.00. The van der Waals surface area contributed by atoms with Gasteiger partial charge in [-0.1, -0.05) is 29.3 Å². The minimum Gasteiger partial charge on any atom is -0.318 e. The molecule has 1 N–H and O–H groups in total. The van der Waals surface area contributed by atoms with Crippen molar-refractivity contribution in [2.75, 3.05) is 5.75 Å². The first-order valence-electron chi connectivity index (χ1n) is 8.90. The second kappa shape index (κ2) is 9.13. The molecule has 0 saturated heterocycles. The summed E-state index contributed by atoms with van der Waals surface area (Å²) >= 11 is 7.31. The van der Waals surface area contributed by atoms with Gasteiger partial charge in [-0.25, -0.2) is 5.43 Å². The number of carbonyl (C=O) groups excluding carboxylic acids is 1. The van der Waals surface area contributed by atoms with Gasteiger partial charge in [-0.15, -0.1) is 11.8 Å². The molecule has 0 radical (unpaired) electrons. The molecule has 3 aromatic rings. The molecule has 4 nitrogen and oxygen atoms in total. The van der Waals surface area contributed by atoms with Gasteiger partial charge in [0, 0.05) is 32.6 Å². The monoisotopic (exact) mass is 411 g/mol. The van der Waals surface area contributed by atoms with Gasteiger partial charge in [0.15, 0.2) is 0 Å². The maximum atomic E-state index is 12.0. The van der Waals surface area contributed by atoms with Gasteiger partial charge in [0.2, 0.25) is 5.91 Å². The Morgan fingerprint density at radius 1 is 1.11 bits per heavy atom. The van der Waals surface area contributed by atoms with E-state index >= 15 is 0 Å². The largest absolute Gasteiger partial charge is 0.318 e. The molecule has 0 aliphatic heterocycles. The first-order chi connectivity index (χ1) is 13.4. The quantitative estimate of drug-likeness (QED) is 0.340. The minimum absolute atomic E-state index is 0.149. The number of rotatable bonds is 6. The van der Waals surface area contributed by atoms with Gasteiger partial charge < -0.3 is 4.57 Å². The number of hydrogen-bond donors (Lipinski definition) is 1. The van der Waals surface area contributed by atoms with Gasteiger partial charge in [0.25, 0.3) is 0 Å². The standard InChI is InChI=1S/C22H22ClN3OS/c1-15-4-8-20(9-5-15)26-16(2)12-18(17(26)3)13-24-25-22(27)14-28-21-10-6-19(23)7-11-21/h4-13H,14H2,1-3H3,(H,25,27)/b24-13-. The summed E-state index contributed by atoms with van der Waals surface area (Å²) in [5.41, 5.74) is 8.11. The third-order valence-electron chi connectivity index (χ3n) is 4.34. The molecule has 0 aliphatic carbocycles. The molecule has 0 bridgehead atoms. The number of aryl methyl sites for hydroxylation is 2. The first-order valence-corrected chi connectivity index (χ1v) is 10.3. The van der Waals surface area contributed by atoms with Crippen molar-refractivity contribution in [1.29, 1.82) is 0 Å². The number of nitrogens with zero attached hydrogens (tertiary/aromatic N) is 2. The Bertz CT molecular complexity index is 992. The van der Waals surface area contributed by atoms with Crippen LogP contribution in [0.25, 0.3) is 5.69 Å². The van der Waals surface area contributed by atoms with Crippen LogP contribution in [-0.2, 0) is 4.79 Å². The van der Waals surface area contributed by atoms with Crippen LogP contribution in [0.3, 0.4) is 0 Å². The van der Waals surface area contributed by atoms with Crippen molar-refractivity contribution in [3.05, 3.63) is 82.1 Å². The van der Waals surface area contributed by atoms with Gasteiger partial charge in [0.1, 0.15) is 0 Å². The molecular weight excluding hydrogens is 390 g/mol. The highest BCUT2D eigenvalue weighted by atomic mass is 35.5. The Morgan fingerprint density at radius 3 is 2.46 bits per heavy atom. The summed E-state index contributed by atoms with van der Waals surface area (Å²) in [6.45, 7) is 6.18. The smallest absolute Gasteiger partial charge is 0.250 e. The van der Waals surface area contributed by atoms with E-state index in [9.17, 15) is 4.79 Å². The number of halogens is 1. The van der Waals surface area contributed by atoms with E-state index in [1.54, 1.807) is 6.21 Å². The molecule has 0 saturated carbocycles. The summed E-state index contributed by atoms with van der Waals surface area (Å²) in [6, 6.07) is 17.9. The second-order valence-electron chi connectivity index (χ2n) is 6.53. The average Bonchev–Trinajstić information content (AvgIpc) is 2.96. The van der Waals surface area contributed by atoms with Crippen LogP contribution in [0.2, 0.25) is 5.02 Å². The molecular formula is C22H22ClN3OS. The molecule has 1 aromatic heterocycles. The van der Waals surface area contributed by atoms with E-state index < -0.39 is 0 Å². The highest BCUT2D eigenvalue weighted by Gasteiger charge is 2.09. The van der Waals surface area contributed by atoms with E-state index in [-0.39, 0.29) is 5.91 Å². The van der Waals surface area contributed by atoms with Crippen LogP contribution in [0.4, 0.5) is 0 Å². The molecule has 0 fully saturated rings. The molecule has 1 heterocycles. The van der Waals surface area contributed by atoms with E-state index in [0.717, 1.165) is 27.5 Å². The van der Waals surface area contributed by atoms with Gasteiger partial charge >= 0.3 is 0 Å². The lowest BCUT2D eigenvalue weighted by Crippen LogP contribution is -2.19. The number of amides is 1. The van der Waals surface area contributed by atoms with E-state index in [4.69, 9.17) is 11.6 Å². The molecule has 3 rings (SSSR count). The zero-order chi connectivity index (χ0) is 20.1. The predicted molar refractivity (Wildman–Crippen MR) is 118 cm³/mol. The fraction of sp³-hybridized carbons (Fsp3) is 0.182. The number of nitrogens with one attached hydrogen (secondary N) is 1. The van der Waals surface area contributed by atoms with Crippen LogP contribution < -0.4 is 5.43 Å². The number of carbonyl (C=O) groups is 1. The van der Waals surface area contributed by atoms with Crippen molar-refractivity contribution in [1.82, 2.24) is 9.99 Å². The lowest BCUT2D eigenvalue weighted by atomic mass is 10.2. The third-order valence-corrected chi connectivity index (χ3v) is 5.60. The molecule has 0 spiro atoms. The summed E-state index contributed by atoms with van der Waals surface area (Å²) in [4.78, 5) is 13.0. The fourth-order valence-corrected chi connectivity index (χ4v) is 3.71. The molecule has 28 heavy (non-hydrogen) atoms. The Morgan fingerprint density at radius 2 is 1.79 bits per heavy atom. The summed E-state index contributed by atoms with van der Waals surface area (Å²) in [6.07, 6.45) is 1.69. The van der Waals surface area contributed by atoms with Crippen LogP contribution in [0.5, 0.6) is 0 Å². The summed E-state index contributed by atoms with van der Waals surface area (Å²) in [5.74, 6) is 0.144. The normalized spacial score (nSPS) is 11.1. The molecule has 0 aliphatic rings. The van der Waals surface area contributed by atoms with Crippen molar-refractivity contribution in [3.63, 3.8) is 0 Å². The van der Waals surface area contributed by atoms with Crippen molar-refractivity contribution in [3.8, 4) is 5.69 Å². The summed E-state index contributed by atoms with van der Waals surface area (Å²) in [5, 5.41) is 4.80. The molecule has 1 amide bonds. The summed E-state index contributed by atoms with van der Waals surface area (Å²) < 4.78 is 2.18. The van der Waals surface area contributed by atoms with Crippen molar-refractivity contribution >= 4 is 35.5 Å². The van der Waals surface area contributed by atoms with Crippen LogP contribution in [0, 0.1) is 20.8 Å². The average molecular weight is 412 g/mol. The molecule has 2 aromatic carbocycles. The molecule has 6 heteroatoms. The Kier molecular flexibility index (Phi) is 6.60. The van der Waals surface area contributed by atoms with Crippen LogP contribution in [0.15, 0.2) is 64.6 Å². The SMILES string of the molecule is Cc1ccc(-n2c(C)cc(/C=N\NC(=O)CSc3ccc(Cl)cc3)c2C)cc1. The van der Waals surface area contributed by atoms with Crippen LogP contribution in [0.1, 0.15) is 22.5 Å². The van der Waals surface area contributed by atoms with Crippen LogP contribution in [-0.4, -0.2) is 22.4 Å². The van der Waals surface area contributed by atoms with Crippen molar-refractivity contribution in [2.24, 2.45) is 5.10 Å². The maximum Gasteiger partial charge on any atom is 0.250 e. The Hall–Kier alpha value is -2.50. The zero-order valence-electron chi connectivity index (χ0n) is 16.1. The number of benzene rings is 2. The van der Waals surface area contributed by atoms with E-state index in [1.165, 1.54) is 17.3 Å². The second-order valence-corrected chi connectivity index (χ2v) is 8.02.